The Morgan fingerprint density at radius 3 is 2.60 bits per heavy atom. The molecule has 110 valence electrons. The van der Waals surface area contributed by atoms with Gasteiger partial charge in [-0.25, -0.2) is 0 Å². The maximum atomic E-state index is 12.2. The SMILES string of the molecule is CCOC1CCN(C(=O)Cc2ccc(Cl)c(Cl)c2)CC1. The van der Waals surface area contributed by atoms with Crippen molar-refractivity contribution in [3.05, 3.63) is 33.8 Å². The van der Waals surface area contributed by atoms with E-state index < -0.39 is 0 Å². The Balaban J connectivity index is 1.88. The summed E-state index contributed by atoms with van der Waals surface area (Å²) in [5.41, 5.74) is 0.899. The smallest absolute Gasteiger partial charge is 0.226 e. The molecule has 1 aliphatic rings. The van der Waals surface area contributed by atoms with Gasteiger partial charge in [0, 0.05) is 19.7 Å². The Labute approximate surface area is 129 Å². The van der Waals surface area contributed by atoms with Crippen LogP contribution in [0.2, 0.25) is 10.0 Å². The molecule has 0 radical (unpaired) electrons. The third-order valence-corrected chi connectivity index (χ3v) is 4.28. The summed E-state index contributed by atoms with van der Waals surface area (Å²) in [6.45, 7) is 4.28. The third-order valence-electron chi connectivity index (χ3n) is 3.54. The van der Waals surface area contributed by atoms with Crippen molar-refractivity contribution in [2.75, 3.05) is 19.7 Å². The zero-order chi connectivity index (χ0) is 14.5. The summed E-state index contributed by atoms with van der Waals surface area (Å²) in [6.07, 6.45) is 2.51. The lowest BCUT2D eigenvalue weighted by Gasteiger charge is -2.31. The highest BCUT2D eigenvalue weighted by Gasteiger charge is 2.22. The molecule has 1 aromatic carbocycles. The van der Waals surface area contributed by atoms with Crippen molar-refractivity contribution >= 4 is 29.1 Å². The van der Waals surface area contributed by atoms with Gasteiger partial charge in [-0.3, -0.25) is 4.79 Å². The molecule has 0 atom stereocenters. The van der Waals surface area contributed by atoms with Gasteiger partial charge in [0.05, 0.1) is 22.6 Å². The quantitative estimate of drug-likeness (QED) is 0.850. The fourth-order valence-corrected chi connectivity index (χ4v) is 2.76. The van der Waals surface area contributed by atoms with Crippen molar-refractivity contribution in [1.82, 2.24) is 4.90 Å². The van der Waals surface area contributed by atoms with Gasteiger partial charge in [0.2, 0.25) is 5.91 Å². The van der Waals surface area contributed by atoms with Crippen molar-refractivity contribution in [2.24, 2.45) is 0 Å². The van der Waals surface area contributed by atoms with Gasteiger partial charge in [-0.1, -0.05) is 29.3 Å². The van der Waals surface area contributed by atoms with E-state index in [1.165, 1.54) is 0 Å². The fourth-order valence-electron chi connectivity index (χ4n) is 2.44. The lowest BCUT2D eigenvalue weighted by atomic mass is 10.1. The van der Waals surface area contributed by atoms with Crippen LogP contribution in [0.1, 0.15) is 25.3 Å². The van der Waals surface area contributed by atoms with Crippen molar-refractivity contribution in [3.8, 4) is 0 Å². The topological polar surface area (TPSA) is 29.5 Å². The molecule has 0 saturated carbocycles. The average Bonchev–Trinajstić information content (AvgIpc) is 2.44. The van der Waals surface area contributed by atoms with Crippen LogP contribution in [0.3, 0.4) is 0 Å². The molecule has 0 unspecified atom stereocenters. The number of benzene rings is 1. The molecular weight excluding hydrogens is 297 g/mol. The molecule has 1 fully saturated rings. The highest BCUT2D eigenvalue weighted by Crippen LogP contribution is 2.23. The predicted octanol–water partition coefficient (Wildman–Crippen LogP) is 3.56. The number of nitrogens with zero attached hydrogens (tertiary/aromatic N) is 1. The lowest BCUT2D eigenvalue weighted by molar-refractivity contribution is -0.133. The summed E-state index contributed by atoms with van der Waals surface area (Å²) in [4.78, 5) is 14.1. The molecular formula is C15H19Cl2NO2. The molecule has 0 N–H and O–H groups in total. The number of halogens is 2. The molecule has 0 aliphatic carbocycles. The summed E-state index contributed by atoms with van der Waals surface area (Å²) in [7, 11) is 0. The van der Waals surface area contributed by atoms with Gasteiger partial charge in [0.15, 0.2) is 0 Å². The van der Waals surface area contributed by atoms with Gasteiger partial charge in [-0.2, -0.15) is 0 Å². The number of piperidine rings is 1. The van der Waals surface area contributed by atoms with E-state index in [1.54, 1.807) is 12.1 Å². The van der Waals surface area contributed by atoms with Crippen LogP contribution in [0, 0.1) is 0 Å². The number of likely N-dealkylation sites (tertiary alicyclic amines) is 1. The molecule has 0 aromatic heterocycles. The monoisotopic (exact) mass is 315 g/mol. The Kier molecular flexibility index (Phi) is 5.70. The van der Waals surface area contributed by atoms with Crippen LogP contribution in [-0.4, -0.2) is 36.6 Å². The summed E-state index contributed by atoms with van der Waals surface area (Å²) in [5, 5.41) is 1.01. The molecule has 1 aliphatic heterocycles. The molecule has 2 rings (SSSR count). The molecule has 20 heavy (non-hydrogen) atoms. The minimum atomic E-state index is 0.137. The molecule has 0 bridgehead atoms. The number of hydrogen-bond donors (Lipinski definition) is 0. The van der Waals surface area contributed by atoms with E-state index in [0.717, 1.165) is 38.1 Å². The van der Waals surface area contributed by atoms with E-state index >= 15 is 0 Å². The van der Waals surface area contributed by atoms with Gasteiger partial charge in [-0.15, -0.1) is 0 Å². The third kappa shape index (κ3) is 4.11. The van der Waals surface area contributed by atoms with Crippen LogP contribution >= 0.6 is 23.2 Å². The Hall–Kier alpha value is -0.770. The second-order valence-corrected chi connectivity index (χ2v) is 5.78. The summed E-state index contributed by atoms with van der Waals surface area (Å²) in [6, 6.07) is 5.33. The summed E-state index contributed by atoms with van der Waals surface area (Å²) < 4.78 is 5.59. The fraction of sp³-hybridized carbons (Fsp3) is 0.533. The van der Waals surface area contributed by atoms with Crippen LogP contribution in [-0.2, 0) is 16.0 Å². The number of ether oxygens (including phenoxy) is 1. The van der Waals surface area contributed by atoms with Crippen molar-refractivity contribution in [3.63, 3.8) is 0 Å². The molecule has 1 amide bonds. The average molecular weight is 316 g/mol. The highest BCUT2D eigenvalue weighted by molar-refractivity contribution is 6.42. The second kappa shape index (κ2) is 7.30. The zero-order valence-corrected chi connectivity index (χ0v) is 13.1. The number of amides is 1. The van der Waals surface area contributed by atoms with Gasteiger partial charge >= 0.3 is 0 Å². The minimum Gasteiger partial charge on any atom is -0.378 e. The van der Waals surface area contributed by atoms with Crippen molar-refractivity contribution in [2.45, 2.75) is 32.3 Å². The molecule has 3 nitrogen and oxygen atoms in total. The van der Waals surface area contributed by atoms with Gasteiger partial charge in [0.25, 0.3) is 0 Å². The maximum absolute atomic E-state index is 12.2. The van der Waals surface area contributed by atoms with E-state index in [9.17, 15) is 4.79 Å². The normalized spacial score (nSPS) is 16.4. The molecule has 5 heteroatoms. The first-order chi connectivity index (χ1) is 9.60. The summed E-state index contributed by atoms with van der Waals surface area (Å²) in [5.74, 6) is 0.137. The predicted molar refractivity (Wildman–Crippen MR) is 81.4 cm³/mol. The van der Waals surface area contributed by atoms with E-state index in [0.29, 0.717) is 22.6 Å². The van der Waals surface area contributed by atoms with Gasteiger partial charge < -0.3 is 9.64 Å². The Morgan fingerprint density at radius 2 is 2.00 bits per heavy atom. The first-order valence-electron chi connectivity index (χ1n) is 6.93. The molecule has 1 heterocycles. The first-order valence-corrected chi connectivity index (χ1v) is 7.69. The standard InChI is InChI=1S/C15H19Cl2NO2/c1-2-20-12-5-7-18(8-6-12)15(19)10-11-3-4-13(16)14(17)9-11/h3-4,9,12H,2,5-8,10H2,1H3. The Morgan fingerprint density at radius 1 is 1.30 bits per heavy atom. The minimum absolute atomic E-state index is 0.137. The number of rotatable bonds is 4. The number of hydrogen-bond acceptors (Lipinski definition) is 2. The van der Waals surface area contributed by atoms with Gasteiger partial charge in [0.1, 0.15) is 0 Å². The maximum Gasteiger partial charge on any atom is 0.226 e. The Bertz CT molecular complexity index is 471. The van der Waals surface area contributed by atoms with E-state index in [4.69, 9.17) is 27.9 Å². The highest BCUT2D eigenvalue weighted by atomic mass is 35.5. The molecule has 0 spiro atoms. The number of carbonyl (C=O) groups excluding carboxylic acids is 1. The van der Waals surface area contributed by atoms with E-state index in [1.807, 2.05) is 17.9 Å². The van der Waals surface area contributed by atoms with Crippen LogP contribution < -0.4 is 0 Å². The molecule has 1 aromatic rings. The van der Waals surface area contributed by atoms with E-state index in [-0.39, 0.29) is 5.91 Å². The van der Waals surface area contributed by atoms with Crippen molar-refractivity contribution in [1.29, 1.82) is 0 Å². The van der Waals surface area contributed by atoms with Crippen LogP contribution in [0.5, 0.6) is 0 Å². The van der Waals surface area contributed by atoms with Crippen LogP contribution in [0.15, 0.2) is 18.2 Å². The largest absolute Gasteiger partial charge is 0.378 e. The lowest BCUT2D eigenvalue weighted by Crippen LogP contribution is -2.41. The van der Waals surface area contributed by atoms with Crippen LogP contribution in [0.4, 0.5) is 0 Å². The van der Waals surface area contributed by atoms with Crippen LogP contribution in [0.25, 0.3) is 0 Å². The first kappa shape index (κ1) is 15.6. The summed E-state index contributed by atoms with van der Waals surface area (Å²) >= 11 is 11.8. The number of carbonyl (C=O) groups is 1. The molecule has 1 saturated heterocycles. The zero-order valence-electron chi connectivity index (χ0n) is 11.6. The second-order valence-electron chi connectivity index (χ2n) is 4.96. The van der Waals surface area contributed by atoms with Gasteiger partial charge in [-0.05, 0) is 37.5 Å². The van der Waals surface area contributed by atoms with Crippen molar-refractivity contribution < 1.29 is 9.53 Å². The van der Waals surface area contributed by atoms with E-state index in [2.05, 4.69) is 0 Å².